The number of rotatable bonds is 0. The minimum atomic E-state index is 1.09. The molecule has 1 aromatic rings. The van der Waals surface area contributed by atoms with Gasteiger partial charge in [-0.1, -0.05) is 0 Å². The van der Waals surface area contributed by atoms with Gasteiger partial charge in [0, 0.05) is 0 Å². The third-order valence-corrected chi connectivity index (χ3v) is 2.54. The van der Waals surface area contributed by atoms with E-state index >= 15 is 0 Å². The lowest BCUT2D eigenvalue weighted by atomic mass is 10.0. The summed E-state index contributed by atoms with van der Waals surface area (Å²) in [7, 11) is 0. The van der Waals surface area contributed by atoms with Crippen LogP contribution in [0.2, 0.25) is 0 Å². The molecule has 0 aliphatic heterocycles. The fourth-order valence-electron chi connectivity index (χ4n) is 1.68. The Bertz CT molecular complexity index is 274. The zero-order valence-electron chi connectivity index (χ0n) is 7.72. The molecule has 0 saturated carbocycles. The van der Waals surface area contributed by atoms with Gasteiger partial charge in [-0.25, -0.2) is 0 Å². The molecule has 0 aromatic carbocycles. The number of fused-ring (bicyclic) bond motifs is 1. The van der Waals surface area contributed by atoms with Crippen molar-refractivity contribution in [3.63, 3.8) is 0 Å². The first-order valence-corrected chi connectivity index (χ1v) is 4.60. The lowest BCUT2D eigenvalue weighted by Crippen LogP contribution is -2.10. The average molecular weight is 162 g/mol. The van der Waals surface area contributed by atoms with Crippen molar-refractivity contribution in [2.24, 2.45) is 0 Å². The van der Waals surface area contributed by atoms with Crippen LogP contribution in [0.1, 0.15) is 35.6 Å². The summed E-state index contributed by atoms with van der Waals surface area (Å²) in [6, 6.07) is 0. The molecule has 2 nitrogen and oxygen atoms in total. The van der Waals surface area contributed by atoms with E-state index in [4.69, 9.17) is 0 Å². The van der Waals surface area contributed by atoms with Gasteiger partial charge in [0.2, 0.25) is 0 Å². The Labute approximate surface area is 73.1 Å². The second-order valence-corrected chi connectivity index (χ2v) is 3.49. The first-order chi connectivity index (χ1) is 5.77. The van der Waals surface area contributed by atoms with Crippen molar-refractivity contribution in [1.29, 1.82) is 0 Å². The number of nitrogens with zero attached hydrogens (tertiary/aromatic N) is 2. The van der Waals surface area contributed by atoms with E-state index in [1.54, 1.807) is 0 Å². The Hall–Kier alpha value is -0.920. The van der Waals surface area contributed by atoms with Crippen molar-refractivity contribution in [2.75, 3.05) is 0 Å². The molecule has 1 aromatic heterocycles. The van der Waals surface area contributed by atoms with Crippen molar-refractivity contribution >= 4 is 0 Å². The molecule has 0 fully saturated rings. The zero-order valence-corrected chi connectivity index (χ0v) is 7.72. The fourth-order valence-corrected chi connectivity index (χ4v) is 1.68. The van der Waals surface area contributed by atoms with Crippen LogP contribution in [-0.2, 0) is 12.8 Å². The van der Waals surface area contributed by atoms with Crippen molar-refractivity contribution in [3.05, 3.63) is 22.8 Å². The molecule has 64 valence electrons. The Kier molecular flexibility index (Phi) is 1.83. The first kappa shape index (κ1) is 7.71. The van der Waals surface area contributed by atoms with Gasteiger partial charge in [0.25, 0.3) is 0 Å². The van der Waals surface area contributed by atoms with E-state index in [2.05, 4.69) is 9.97 Å². The lowest BCUT2D eigenvalue weighted by molar-refractivity contribution is 0.642. The molecule has 0 amide bonds. The molecule has 0 radical (unpaired) electrons. The largest absolute Gasteiger partial charge is 0.254 e. The van der Waals surface area contributed by atoms with Crippen molar-refractivity contribution in [2.45, 2.75) is 39.5 Å². The van der Waals surface area contributed by atoms with Crippen LogP contribution < -0.4 is 0 Å². The molecule has 0 unspecified atom stereocenters. The van der Waals surface area contributed by atoms with Gasteiger partial charge in [-0.2, -0.15) is 0 Å². The Morgan fingerprint density at radius 2 is 1.25 bits per heavy atom. The summed E-state index contributed by atoms with van der Waals surface area (Å²) in [4.78, 5) is 9.10. The smallest absolute Gasteiger partial charge is 0.0622 e. The Morgan fingerprint density at radius 1 is 0.833 bits per heavy atom. The van der Waals surface area contributed by atoms with Crippen molar-refractivity contribution < 1.29 is 0 Å². The molecule has 0 N–H and O–H groups in total. The van der Waals surface area contributed by atoms with Gasteiger partial charge in [-0.3, -0.25) is 9.97 Å². The predicted octanol–water partition coefficient (Wildman–Crippen LogP) is 1.97. The Morgan fingerprint density at radius 3 is 1.67 bits per heavy atom. The summed E-state index contributed by atoms with van der Waals surface area (Å²) in [5.41, 5.74) is 4.67. The SMILES string of the molecule is Cc1nc2c(nc1C)CCCC2. The summed E-state index contributed by atoms with van der Waals surface area (Å²) in [6.45, 7) is 4.08. The van der Waals surface area contributed by atoms with Gasteiger partial charge in [0.15, 0.2) is 0 Å². The van der Waals surface area contributed by atoms with Gasteiger partial charge < -0.3 is 0 Å². The quantitative estimate of drug-likeness (QED) is 0.583. The van der Waals surface area contributed by atoms with Crippen LogP contribution in [0.5, 0.6) is 0 Å². The molecule has 0 atom stereocenters. The fraction of sp³-hybridized carbons (Fsp3) is 0.600. The monoisotopic (exact) mass is 162 g/mol. The van der Waals surface area contributed by atoms with Crippen LogP contribution in [0.25, 0.3) is 0 Å². The van der Waals surface area contributed by atoms with Crippen molar-refractivity contribution in [1.82, 2.24) is 9.97 Å². The van der Waals surface area contributed by atoms with E-state index < -0.39 is 0 Å². The van der Waals surface area contributed by atoms with E-state index in [0.717, 1.165) is 24.2 Å². The number of aryl methyl sites for hydroxylation is 4. The molecule has 1 aliphatic rings. The average Bonchev–Trinajstić information content (AvgIpc) is 2.07. The summed E-state index contributed by atoms with van der Waals surface area (Å²) < 4.78 is 0. The molecule has 0 spiro atoms. The summed E-state index contributed by atoms with van der Waals surface area (Å²) in [5, 5.41) is 0. The third-order valence-electron chi connectivity index (χ3n) is 2.54. The van der Waals surface area contributed by atoms with E-state index in [1.165, 1.54) is 24.2 Å². The van der Waals surface area contributed by atoms with Crippen LogP contribution in [-0.4, -0.2) is 9.97 Å². The highest BCUT2D eigenvalue weighted by molar-refractivity contribution is 5.20. The molecular formula is C10H14N2. The topological polar surface area (TPSA) is 25.8 Å². The number of hydrogen-bond donors (Lipinski definition) is 0. The van der Waals surface area contributed by atoms with Gasteiger partial charge in [0.05, 0.1) is 22.8 Å². The molecule has 1 heterocycles. The van der Waals surface area contributed by atoms with Gasteiger partial charge in [-0.05, 0) is 39.5 Å². The first-order valence-electron chi connectivity index (χ1n) is 4.60. The van der Waals surface area contributed by atoms with Crippen molar-refractivity contribution in [3.8, 4) is 0 Å². The number of aromatic nitrogens is 2. The second-order valence-electron chi connectivity index (χ2n) is 3.49. The highest BCUT2D eigenvalue weighted by atomic mass is 14.8. The van der Waals surface area contributed by atoms with E-state index in [-0.39, 0.29) is 0 Å². The maximum Gasteiger partial charge on any atom is 0.0622 e. The maximum atomic E-state index is 4.55. The molecule has 0 saturated heterocycles. The molecule has 12 heavy (non-hydrogen) atoms. The van der Waals surface area contributed by atoms with E-state index in [9.17, 15) is 0 Å². The lowest BCUT2D eigenvalue weighted by Gasteiger charge is -2.14. The highest BCUT2D eigenvalue weighted by Gasteiger charge is 2.12. The highest BCUT2D eigenvalue weighted by Crippen LogP contribution is 2.18. The molecule has 1 aliphatic carbocycles. The molecular weight excluding hydrogens is 148 g/mol. The standard InChI is InChI=1S/C10H14N2/c1-7-8(2)12-10-6-4-3-5-9(10)11-7/h3-6H2,1-2H3. The summed E-state index contributed by atoms with van der Waals surface area (Å²) >= 11 is 0. The van der Waals surface area contributed by atoms with E-state index in [0.29, 0.717) is 0 Å². The normalized spacial score (nSPS) is 15.8. The second kappa shape index (κ2) is 2.85. The minimum Gasteiger partial charge on any atom is -0.254 e. The Balaban J connectivity index is 2.49. The van der Waals surface area contributed by atoms with Crippen LogP contribution in [0.15, 0.2) is 0 Å². The molecule has 2 heteroatoms. The minimum absolute atomic E-state index is 1.09. The van der Waals surface area contributed by atoms with Gasteiger partial charge >= 0.3 is 0 Å². The van der Waals surface area contributed by atoms with Crippen LogP contribution in [0.4, 0.5) is 0 Å². The molecule has 0 bridgehead atoms. The predicted molar refractivity (Wildman–Crippen MR) is 48.1 cm³/mol. The molecule has 2 rings (SSSR count). The van der Waals surface area contributed by atoms with Gasteiger partial charge in [0.1, 0.15) is 0 Å². The third kappa shape index (κ3) is 1.22. The van der Waals surface area contributed by atoms with Gasteiger partial charge in [-0.15, -0.1) is 0 Å². The maximum absolute atomic E-state index is 4.55. The number of hydrogen-bond acceptors (Lipinski definition) is 2. The van der Waals surface area contributed by atoms with E-state index in [1.807, 2.05) is 13.8 Å². The summed E-state index contributed by atoms with van der Waals surface area (Å²) in [6.07, 6.45) is 4.82. The van der Waals surface area contributed by atoms with Crippen LogP contribution in [0, 0.1) is 13.8 Å². The van der Waals surface area contributed by atoms with Crippen LogP contribution in [0.3, 0.4) is 0 Å². The zero-order chi connectivity index (χ0) is 8.55. The summed E-state index contributed by atoms with van der Waals surface area (Å²) in [5.74, 6) is 0. The van der Waals surface area contributed by atoms with Crippen LogP contribution >= 0.6 is 0 Å².